The van der Waals surface area contributed by atoms with Gasteiger partial charge in [0.1, 0.15) is 16.9 Å². The molecule has 0 aliphatic rings. The number of hydrogen-bond donors (Lipinski definition) is 2. The van der Waals surface area contributed by atoms with Gasteiger partial charge in [-0.15, -0.1) is 0 Å². The number of fused-ring (bicyclic) bond motifs is 1. The summed E-state index contributed by atoms with van der Waals surface area (Å²) in [6.45, 7) is 1.82. The SMILES string of the molecule is Cc1n[nH]c(=O)c2[nH]c(-c3ccc(N(C)C)cc3)nc12. The predicted molar refractivity (Wildman–Crippen MR) is 79.0 cm³/mol. The number of rotatable bonds is 2. The number of imidazole rings is 1. The summed E-state index contributed by atoms with van der Waals surface area (Å²) in [7, 11) is 3.98. The Morgan fingerprint density at radius 1 is 1.15 bits per heavy atom. The third-order valence-corrected chi connectivity index (χ3v) is 3.26. The first-order valence-electron chi connectivity index (χ1n) is 6.29. The summed E-state index contributed by atoms with van der Waals surface area (Å²) < 4.78 is 0. The van der Waals surface area contributed by atoms with Crippen molar-refractivity contribution < 1.29 is 0 Å². The quantitative estimate of drug-likeness (QED) is 0.742. The van der Waals surface area contributed by atoms with Gasteiger partial charge in [0.15, 0.2) is 0 Å². The van der Waals surface area contributed by atoms with Gasteiger partial charge in [0.05, 0.1) is 5.69 Å². The van der Waals surface area contributed by atoms with Crippen LogP contribution in [0.1, 0.15) is 5.69 Å². The minimum Gasteiger partial charge on any atom is -0.378 e. The molecule has 1 aromatic carbocycles. The minimum atomic E-state index is -0.255. The molecule has 2 N–H and O–H groups in total. The Balaban J connectivity index is 2.13. The average Bonchev–Trinajstić information content (AvgIpc) is 2.89. The second kappa shape index (κ2) is 4.48. The van der Waals surface area contributed by atoms with Crippen LogP contribution in [0.15, 0.2) is 29.1 Å². The van der Waals surface area contributed by atoms with Gasteiger partial charge in [0.25, 0.3) is 5.56 Å². The molecule has 0 aliphatic heterocycles. The van der Waals surface area contributed by atoms with Crippen molar-refractivity contribution in [3.05, 3.63) is 40.3 Å². The van der Waals surface area contributed by atoms with Gasteiger partial charge in [-0.1, -0.05) is 0 Å². The number of H-pyrrole nitrogens is 2. The average molecular weight is 269 g/mol. The van der Waals surface area contributed by atoms with Crippen LogP contribution in [0.5, 0.6) is 0 Å². The molecule has 3 rings (SSSR count). The molecule has 0 amide bonds. The van der Waals surface area contributed by atoms with Crippen LogP contribution in [0.4, 0.5) is 5.69 Å². The first-order chi connectivity index (χ1) is 9.56. The van der Waals surface area contributed by atoms with E-state index in [2.05, 4.69) is 20.2 Å². The zero-order valence-electron chi connectivity index (χ0n) is 11.6. The highest BCUT2D eigenvalue weighted by molar-refractivity contribution is 5.80. The maximum absolute atomic E-state index is 11.7. The van der Waals surface area contributed by atoms with Gasteiger partial charge in [0, 0.05) is 25.3 Å². The Morgan fingerprint density at radius 2 is 1.85 bits per heavy atom. The van der Waals surface area contributed by atoms with Crippen molar-refractivity contribution in [2.45, 2.75) is 6.92 Å². The zero-order chi connectivity index (χ0) is 14.3. The monoisotopic (exact) mass is 269 g/mol. The maximum Gasteiger partial charge on any atom is 0.290 e. The number of anilines is 1. The van der Waals surface area contributed by atoms with Crippen LogP contribution in [-0.2, 0) is 0 Å². The summed E-state index contributed by atoms with van der Waals surface area (Å²) in [4.78, 5) is 21.3. The lowest BCUT2D eigenvalue weighted by Gasteiger charge is -2.11. The van der Waals surface area contributed by atoms with E-state index < -0.39 is 0 Å². The molecule has 0 unspecified atom stereocenters. The largest absolute Gasteiger partial charge is 0.378 e. The van der Waals surface area contributed by atoms with E-state index in [9.17, 15) is 4.79 Å². The first-order valence-corrected chi connectivity index (χ1v) is 6.29. The molecular formula is C14H15N5O. The third kappa shape index (κ3) is 1.95. The van der Waals surface area contributed by atoms with Crippen molar-refractivity contribution in [3.63, 3.8) is 0 Å². The highest BCUT2D eigenvalue weighted by atomic mass is 16.1. The van der Waals surface area contributed by atoms with Gasteiger partial charge in [-0.2, -0.15) is 5.10 Å². The Morgan fingerprint density at radius 3 is 2.45 bits per heavy atom. The van der Waals surface area contributed by atoms with Crippen LogP contribution >= 0.6 is 0 Å². The lowest BCUT2D eigenvalue weighted by atomic mass is 10.2. The van der Waals surface area contributed by atoms with Gasteiger partial charge in [-0.05, 0) is 31.2 Å². The van der Waals surface area contributed by atoms with Crippen LogP contribution in [0.3, 0.4) is 0 Å². The molecular weight excluding hydrogens is 254 g/mol. The molecule has 0 bridgehead atoms. The summed E-state index contributed by atoms with van der Waals surface area (Å²) in [5.41, 5.74) is 3.57. The summed E-state index contributed by atoms with van der Waals surface area (Å²) in [6.07, 6.45) is 0. The second-order valence-corrected chi connectivity index (χ2v) is 4.89. The van der Waals surface area contributed by atoms with E-state index in [4.69, 9.17) is 0 Å². The van der Waals surface area contributed by atoms with E-state index in [1.54, 1.807) is 0 Å². The Labute approximate surface area is 115 Å². The molecule has 102 valence electrons. The van der Waals surface area contributed by atoms with Crippen molar-refractivity contribution >= 4 is 16.7 Å². The van der Waals surface area contributed by atoms with E-state index in [1.165, 1.54) is 0 Å². The zero-order valence-corrected chi connectivity index (χ0v) is 11.6. The lowest BCUT2D eigenvalue weighted by Crippen LogP contribution is -2.09. The smallest absolute Gasteiger partial charge is 0.290 e. The molecule has 2 aromatic heterocycles. The highest BCUT2D eigenvalue weighted by Crippen LogP contribution is 2.22. The minimum absolute atomic E-state index is 0.255. The molecule has 0 atom stereocenters. The van der Waals surface area contributed by atoms with Crippen molar-refractivity contribution in [2.24, 2.45) is 0 Å². The fourth-order valence-electron chi connectivity index (χ4n) is 2.10. The normalized spacial score (nSPS) is 10.9. The lowest BCUT2D eigenvalue weighted by molar-refractivity contribution is 0.965. The highest BCUT2D eigenvalue weighted by Gasteiger charge is 2.11. The van der Waals surface area contributed by atoms with Crippen molar-refractivity contribution in [1.29, 1.82) is 0 Å². The summed E-state index contributed by atoms with van der Waals surface area (Å²) in [5.74, 6) is 0.673. The van der Waals surface area contributed by atoms with E-state index in [1.807, 2.05) is 50.2 Å². The number of benzene rings is 1. The number of aromatic amines is 2. The number of aryl methyl sites for hydroxylation is 1. The molecule has 3 aromatic rings. The summed E-state index contributed by atoms with van der Waals surface area (Å²) in [6, 6.07) is 7.98. The van der Waals surface area contributed by atoms with Crippen LogP contribution in [0.25, 0.3) is 22.4 Å². The summed E-state index contributed by atoms with van der Waals surface area (Å²) in [5, 5.41) is 6.37. The predicted octanol–water partition coefficient (Wildman–Crippen LogP) is 1.69. The number of nitrogens with zero attached hydrogens (tertiary/aromatic N) is 3. The van der Waals surface area contributed by atoms with Gasteiger partial charge in [0.2, 0.25) is 0 Å². The first kappa shape index (κ1) is 12.4. The van der Waals surface area contributed by atoms with Crippen molar-refractivity contribution in [1.82, 2.24) is 20.2 Å². The van der Waals surface area contributed by atoms with Crippen molar-refractivity contribution in [3.8, 4) is 11.4 Å². The Kier molecular flexibility index (Phi) is 2.78. The molecule has 0 saturated heterocycles. The topological polar surface area (TPSA) is 77.7 Å². The van der Waals surface area contributed by atoms with Crippen LogP contribution in [0, 0.1) is 6.92 Å². The molecule has 6 nitrogen and oxygen atoms in total. The molecule has 0 saturated carbocycles. The number of hydrogen-bond acceptors (Lipinski definition) is 4. The van der Waals surface area contributed by atoms with Gasteiger partial charge in [-0.3, -0.25) is 4.79 Å². The van der Waals surface area contributed by atoms with E-state index >= 15 is 0 Å². The molecule has 0 aliphatic carbocycles. The molecule has 20 heavy (non-hydrogen) atoms. The van der Waals surface area contributed by atoms with Gasteiger partial charge < -0.3 is 9.88 Å². The van der Waals surface area contributed by atoms with Crippen LogP contribution in [0.2, 0.25) is 0 Å². The Bertz CT molecular complexity index is 814. The standard InChI is InChI=1S/C14H15N5O/c1-8-11-12(14(20)18-17-8)16-13(15-11)9-4-6-10(7-5-9)19(2)3/h4-7H,1-3H3,(H,15,16)(H,18,20). The van der Waals surface area contributed by atoms with Gasteiger partial charge in [-0.25, -0.2) is 10.1 Å². The molecule has 2 heterocycles. The van der Waals surface area contributed by atoms with Crippen LogP contribution < -0.4 is 10.5 Å². The molecule has 6 heteroatoms. The van der Waals surface area contributed by atoms with Crippen molar-refractivity contribution in [2.75, 3.05) is 19.0 Å². The maximum atomic E-state index is 11.7. The second-order valence-electron chi connectivity index (χ2n) is 4.89. The molecule has 0 radical (unpaired) electrons. The summed E-state index contributed by atoms with van der Waals surface area (Å²) >= 11 is 0. The number of aromatic nitrogens is 4. The molecule has 0 fully saturated rings. The van der Waals surface area contributed by atoms with E-state index in [0.29, 0.717) is 22.6 Å². The van der Waals surface area contributed by atoms with Crippen LogP contribution in [-0.4, -0.2) is 34.3 Å². The number of nitrogens with one attached hydrogen (secondary N) is 2. The van der Waals surface area contributed by atoms with E-state index in [0.717, 1.165) is 11.3 Å². The van der Waals surface area contributed by atoms with E-state index in [-0.39, 0.29) is 5.56 Å². The third-order valence-electron chi connectivity index (χ3n) is 3.26. The fraction of sp³-hybridized carbons (Fsp3) is 0.214. The Hall–Kier alpha value is -2.63. The van der Waals surface area contributed by atoms with Gasteiger partial charge >= 0.3 is 0 Å². The fourth-order valence-corrected chi connectivity index (χ4v) is 2.10. The molecule has 0 spiro atoms.